The molecule has 2 N–H and O–H groups in total. The monoisotopic (exact) mass is 228 g/mol. The molecule has 0 saturated heterocycles. The molecule has 0 unspecified atom stereocenters. The van der Waals surface area contributed by atoms with Crippen LogP contribution in [0.25, 0.3) is 5.52 Å². The lowest BCUT2D eigenvalue weighted by Crippen LogP contribution is -2.04. The van der Waals surface area contributed by atoms with Crippen LogP contribution in [0.15, 0.2) is 30.9 Å². The number of rotatable bonds is 3. The molecule has 0 saturated carbocycles. The second-order valence-electron chi connectivity index (χ2n) is 3.78. The van der Waals surface area contributed by atoms with Crippen molar-refractivity contribution in [3.63, 3.8) is 0 Å². The van der Waals surface area contributed by atoms with Gasteiger partial charge in [-0.05, 0) is 13.0 Å². The first-order chi connectivity index (χ1) is 8.33. The molecule has 3 aromatic rings. The number of imidazole rings is 1. The van der Waals surface area contributed by atoms with Crippen molar-refractivity contribution in [1.29, 1.82) is 0 Å². The van der Waals surface area contributed by atoms with Crippen molar-refractivity contribution in [2.45, 2.75) is 13.5 Å². The van der Waals surface area contributed by atoms with Gasteiger partial charge in [-0.15, -0.1) is 0 Å². The van der Waals surface area contributed by atoms with Gasteiger partial charge in [0.2, 0.25) is 0 Å². The van der Waals surface area contributed by atoms with Gasteiger partial charge in [-0.25, -0.2) is 14.5 Å². The Labute approximate surface area is 97.7 Å². The second-order valence-corrected chi connectivity index (χ2v) is 3.78. The van der Waals surface area contributed by atoms with Crippen molar-refractivity contribution < 1.29 is 0 Å². The molecule has 3 rings (SSSR count). The zero-order chi connectivity index (χ0) is 11.7. The third kappa shape index (κ3) is 1.84. The van der Waals surface area contributed by atoms with Crippen molar-refractivity contribution >= 4 is 11.3 Å². The standard InChI is InChI=1S/C11H12N6/c1-8-6-9-11(14-4-5-17(9)16-8)15-7-10-12-2-3-13-10/h2-6H,7H2,1H3,(H,12,13)(H,14,15). The third-order valence-electron chi connectivity index (χ3n) is 2.49. The van der Waals surface area contributed by atoms with Crippen LogP contribution in [0.4, 0.5) is 5.82 Å². The summed E-state index contributed by atoms with van der Waals surface area (Å²) in [4.78, 5) is 11.5. The van der Waals surface area contributed by atoms with Crippen molar-refractivity contribution in [2.75, 3.05) is 5.32 Å². The molecule has 0 bridgehead atoms. The van der Waals surface area contributed by atoms with Crippen LogP contribution < -0.4 is 5.32 Å². The molecular weight excluding hydrogens is 216 g/mol. The minimum atomic E-state index is 0.615. The Hall–Kier alpha value is -2.37. The van der Waals surface area contributed by atoms with Gasteiger partial charge in [0, 0.05) is 24.8 Å². The van der Waals surface area contributed by atoms with E-state index in [-0.39, 0.29) is 0 Å². The molecule has 0 aliphatic rings. The van der Waals surface area contributed by atoms with Crippen LogP contribution in [0, 0.1) is 6.92 Å². The number of aryl methyl sites for hydroxylation is 1. The molecule has 0 amide bonds. The van der Waals surface area contributed by atoms with E-state index in [2.05, 4.69) is 25.4 Å². The molecule has 6 nitrogen and oxygen atoms in total. The van der Waals surface area contributed by atoms with E-state index in [9.17, 15) is 0 Å². The highest BCUT2D eigenvalue weighted by Gasteiger charge is 2.05. The van der Waals surface area contributed by atoms with E-state index in [1.807, 2.05) is 23.7 Å². The number of aromatic nitrogens is 5. The van der Waals surface area contributed by atoms with Crippen LogP contribution in [0.2, 0.25) is 0 Å². The van der Waals surface area contributed by atoms with Crippen molar-refractivity contribution in [2.24, 2.45) is 0 Å². The lowest BCUT2D eigenvalue weighted by Gasteiger charge is -2.04. The fourth-order valence-electron chi connectivity index (χ4n) is 1.74. The van der Waals surface area contributed by atoms with E-state index in [1.165, 1.54) is 0 Å². The molecule has 0 fully saturated rings. The lowest BCUT2D eigenvalue weighted by molar-refractivity contribution is 0.915. The molecule has 0 aromatic carbocycles. The van der Waals surface area contributed by atoms with Crippen LogP contribution in [0.3, 0.4) is 0 Å². The minimum Gasteiger partial charge on any atom is -0.361 e. The van der Waals surface area contributed by atoms with Gasteiger partial charge in [0.1, 0.15) is 11.3 Å². The highest BCUT2D eigenvalue weighted by Crippen LogP contribution is 2.14. The van der Waals surface area contributed by atoms with Crippen molar-refractivity contribution in [1.82, 2.24) is 24.6 Å². The van der Waals surface area contributed by atoms with Crippen molar-refractivity contribution in [3.05, 3.63) is 42.4 Å². The van der Waals surface area contributed by atoms with E-state index in [0.29, 0.717) is 6.54 Å². The maximum atomic E-state index is 4.33. The zero-order valence-corrected chi connectivity index (χ0v) is 9.38. The third-order valence-corrected chi connectivity index (χ3v) is 2.49. The topological polar surface area (TPSA) is 70.9 Å². The van der Waals surface area contributed by atoms with Crippen LogP contribution in [-0.2, 0) is 6.54 Å². The first-order valence-corrected chi connectivity index (χ1v) is 5.36. The Kier molecular flexibility index (Phi) is 2.25. The Bertz CT molecular complexity index is 625. The second kappa shape index (κ2) is 3.89. The summed E-state index contributed by atoms with van der Waals surface area (Å²) in [5.41, 5.74) is 1.94. The van der Waals surface area contributed by atoms with Gasteiger partial charge >= 0.3 is 0 Å². The smallest absolute Gasteiger partial charge is 0.152 e. The fraction of sp³-hybridized carbons (Fsp3) is 0.182. The summed E-state index contributed by atoms with van der Waals surface area (Å²) in [7, 11) is 0. The predicted molar refractivity (Wildman–Crippen MR) is 63.6 cm³/mol. The summed E-state index contributed by atoms with van der Waals surface area (Å²) < 4.78 is 1.81. The van der Waals surface area contributed by atoms with Crippen LogP contribution in [0.1, 0.15) is 11.5 Å². The molecule has 17 heavy (non-hydrogen) atoms. The Balaban J connectivity index is 1.89. The highest BCUT2D eigenvalue weighted by atomic mass is 15.2. The Morgan fingerprint density at radius 3 is 3.12 bits per heavy atom. The number of H-pyrrole nitrogens is 1. The summed E-state index contributed by atoms with van der Waals surface area (Å²) in [6.45, 7) is 2.58. The molecule has 86 valence electrons. The van der Waals surface area contributed by atoms with Crippen LogP contribution in [-0.4, -0.2) is 24.6 Å². The first kappa shape index (κ1) is 9.83. The molecule has 0 atom stereocenters. The van der Waals surface area contributed by atoms with Gasteiger partial charge < -0.3 is 10.3 Å². The SMILES string of the molecule is Cc1cc2c(NCc3ncc[nH]3)nccn2n1. The van der Waals surface area contributed by atoms with Gasteiger partial charge in [-0.1, -0.05) is 0 Å². The summed E-state index contributed by atoms with van der Waals surface area (Å²) in [6, 6.07) is 2.00. The average molecular weight is 228 g/mol. The molecule has 0 spiro atoms. The molecule has 0 aliphatic carbocycles. The van der Waals surface area contributed by atoms with Gasteiger partial charge in [0.05, 0.1) is 12.2 Å². The van der Waals surface area contributed by atoms with E-state index >= 15 is 0 Å². The number of nitrogens with zero attached hydrogens (tertiary/aromatic N) is 4. The van der Waals surface area contributed by atoms with Gasteiger partial charge in [0.25, 0.3) is 0 Å². The zero-order valence-electron chi connectivity index (χ0n) is 9.38. The van der Waals surface area contributed by atoms with Crippen LogP contribution >= 0.6 is 0 Å². The van der Waals surface area contributed by atoms with E-state index < -0.39 is 0 Å². The molecule has 3 aromatic heterocycles. The molecule has 3 heterocycles. The lowest BCUT2D eigenvalue weighted by atomic mass is 10.4. The number of hydrogen-bond acceptors (Lipinski definition) is 4. The van der Waals surface area contributed by atoms with Gasteiger partial charge in [-0.2, -0.15) is 5.10 Å². The Morgan fingerprint density at radius 2 is 2.29 bits per heavy atom. The average Bonchev–Trinajstić information content (AvgIpc) is 2.93. The normalized spacial score (nSPS) is 10.9. The van der Waals surface area contributed by atoms with E-state index in [1.54, 1.807) is 18.6 Å². The predicted octanol–water partition coefficient (Wildman–Crippen LogP) is 1.37. The van der Waals surface area contributed by atoms with E-state index in [4.69, 9.17) is 0 Å². The molecular formula is C11H12N6. The quantitative estimate of drug-likeness (QED) is 0.710. The highest BCUT2D eigenvalue weighted by molar-refractivity contribution is 5.67. The summed E-state index contributed by atoms with van der Waals surface area (Å²) in [5, 5.41) is 7.57. The summed E-state index contributed by atoms with van der Waals surface area (Å²) in [5.74, 6) is 1.69. The maximum Gasteiger partial charge on any atom is 0.152 e. The Morgan fingerprint density at radius 1 is 1.35 bits per heavy atom. The first-order valence-electron chi connectivity index (χ1n) is 5.36. The number of aromatic amines is 1. The van der Waals surface area contributed by atoms with Gasteiger partial charge in [-0.3, -0.25) is 0 Å². The van der Waals surface area contributed by atoms with Gasteiger partial charge in [0.15, 0.2) is 5.82 Å². The molecule has 0 radical (unpaired) electrons. The summed E-state index contributed by atoms with van der Waals surface area (Å²) >= 11 is 0. The van der Waals surface area contributed by atoms with Crippen molar-refractivity contribution in [3.8, 4) is 0 Å². The fourth-order valence-corrected chi connectivity index (χ4v) is 1.74. The molecule has 0 aliphatic heterocycles. The van der Waals surface area contributed by atoms with Crippen LogP contribution in [0.5, 0.6) is 0 Å². The number of anilines is 1. The van der Waals surface area contributed by atoms with E-state index in [0.717, 1.165) is 22.9 Å². The number of fused-ring (bicyclic) bond motifs is 1. The number of hydrogen-bond donors (Lipinski definition) is 2. The number of nitrogens with one attached hydrogen (secondary N) is 2. The minimum absolute atomic E-state index is 0.615. The largest absolute Gasteiger partial charge is 0.361 e. The summed E-state index contributed by atoms with van der Waals surface area (Å²) in [6.07, 6.45) is 7.09. The maximum absolute atomic E-state index is 4.33. The molecule has 6 heteroatoms.